The van der Waals surface area contributed by atoms with Gasteiger partial charge in [-0.2, -0.15) is 0 Å². The number of carbonyl (C=O) groups excluding carboxylic acids is 3. The average Bonchev–Trinajstić information content (AvgIpc) is 3.35. The molecule has 0 radical (unpaired) electrons. The van der Waals surface area contributed by atoms with Gasteiger partial charge in [-0.25, -0.2) is 4.98 Å². The molecule has 3 amide bonds. The Balaban J connectivity index is 1.43. The molecule has 2 heterocycles. The molecule has 1 N–H and O–H groups in total. The van der Waals surface area contributed by atoms with Crippen LogP contribution in [0.1, 0.15) is 30.1 Å². The highest BCUT2D eigenvalue weighted by molar-refractivity contribution is 7.14. The van der Waals surface area contributed by atoms with Crippen molar-refractivity contribution in [3.05, 3.63) is 59.5 Å². The monoisotopic (exact) mass is 421 g/mol. The number of carbonyl (C=O) groups is 3. The predicted octanol–water partition coefficient (Wildman–Crippen LogP) is 4.11. The first-order chi connectivity index (χ1) is 14.5. The molecule has 0 spiro atoms. The van der Waals surface area contributed by atoms with Gasteiger partial charge in [0, 0.05) is 29.3 Å². The number of ether oxygens (including phenoxy) is 1. The molecule has 0 bridgehead atoms. The maximum atomic E-state index is 12.5. The molecule has 0 unspecified atom stereocenters. The lowest BCUT2D eigenvalue weighted by Gasteiger charge is -2.13. The minimum atomic E-state index is -0.312. The molecule has 3 aromatic rings. The first-order valence-corrected chi connectivity index (χ1v) is 10.4. The van der Waals surface area contributed by atoms with Gasteiger partial charge in [0.25, 0.3) is 5.91 Å². The van der Waals surface area contributed by atoms with E-state index in [2.05, 4.69) is 10.3 Å². The van der Waals surface area contributed by atoms with Gasteiger partial charge in [-0.15, -0.1) is 11.3 Å². The van der Waals surface area contributed by atoms with Crippen LogP contribution in [0.3, 0.4) is 0 Å². The second-order valence-corrected chi connectivity index (χ2v) is 7.48. The largest absolute Gasteiger partial charge is 0.494 e. The number of amides is 3. The number of hydrogen-bond donors (Lipinski definition) is 1. The molecule has 1 aliphatic heterocycles. The average molecular weight is 421 g/mol. The van der Waals surface area contributed by atoms with E-state index < -0.39 is 0 Å². The van der Waals surface area contributed by atoms with Crippen LogP contribution in [-0.4, -0.2) is 29.3 Å². The zero-order valence-corrected chi connectivity index (χ0v) is 17.1. The first-order valence-electron chi connectivity index (χ1n) is 9.51. The first kappa shape index (κ1) is 19.8. The minimum absolute atomic E-state index is 0.221. The molecule has 30 heavy (non-hydrogen) atoms. The molecule has 0 aliphatic carbocycles. The van der Waals surface area contributed by atoms with Crippen molar-refractivity contribution < 1.29 is 19.1 Å². The van der Waals surface area contributed by atoms with E-state index in [1.165, 1.54) is 11.3 Å². The Kier molecular flexibility index (Phi) is 5.58. The van der Waals surface area contributed by atoms with Gasteiger partial charge >= 0.3 is 0 Å². The zero-order chi connectivity index (χ0) is 21.1. The molecule has 4 rings (SSSR count). The number of nitrogens with one attached hydrogen (secondary N) is 1. The predicted molar refractivity (Wildman–Crippen MR) is 115 cm³/mol. The summed E-state index contributed by atoms with van der Waals surface area (Å²) >= 11 is 1.33. The van der Waals surface area contributed by atoms with Gasteiger partial charge in [0.2, 0.25) is 11.8 Å². The van der Waals surface area contributed by atoms with Crippen LogP contribution in [-0.2, 0) is 9.59 Å². The van der Waals surface area contributed by atoms with Crippen LogP contribution < -0.4 is 15.0 Å². The molecular weight excluding hydrogens is 402 g/mol. The fourth-order valence-electron chi connectivity index (χ4n) is 3.15. The van der Waals surface area contributed by atoms with E-state index in [1.807, 2.05) is 36.6 Å². The van der Waals surface area contributed by atoms with Crippen LogP contribution in [0.5, 0.6) is 5.75 Å². The van der Waals surface area contributed by atoms with Gasteiger partial charge in [0.05, 0.1) is 18.0 Å². The number of imide groups is 1. The van der Waals surface area contributed by atoms with Gasteiger partial charge in [-0.05, 0) is 55.5 Å². The van der Waals surface area contributed by atoms with Crippen molar-refractivity contribution in [1.29, 1.82) is 0 Å². The van der Waals surface area contributed by atoms with Crippen molar-refractivity contribution in [2.45, 2.75) is 19.8 Å². The Bertz CT molecular complexity index is 1070. The molecule has 1 aliphatic rings. The van der Waals surface area contributed by atoms with Gasteiger partial charge in [0.1, 0.15) is 5.75 Å². The van der Waals surface area contributed by atoms with Crippen molar-refractivity contribution in [1.82, 2.24) is 4.98 Å². The number of aromatic nitrogens is 1. The Labute approximate surface area is 177 Å². The maximum absolute atomic E-state index is 12.5. The van der Waals surface area contributed by atoms with Gasteiger partial charge in [0.15, 0.2) is 5.13 Å². The van der Waals surface area contributed by atoms with Crippen LogP contribution in [0.15, 0.2) is 53.9 Å². The summed E-state index contributed by atoms with van der Waals surface area (Å²) < 4.78 is 5.44. The van der Waals surface area contributed by atoms with E-state index >= 15 is 0 Å². The van der Waals surface area contributed by atoms with Crippen molar-refractivity contribution in [3.63, 3.8) is 0 Å². The van der Waals surface area contributed by atoms with E-state index in [4.69, 9.17) is 4.74 Å². The van der Waals surface area contributed by atoms with Crippen molar-refractivity contribution >= 4 is 39.9 Å². The highest BCUT2D eigenvalue weighted by Crippen LogP contribution is 2.27. The van der Waals surface area contributed by atoms with E-state index in [-0.39, 0.29) is 30.6 Å². The third kappa shape index (κ3) is 4.08. The SMILES string of the molecule is CCOc1ccc(-c2csc(NC(=O)c3ccc(N4C(=O)CCC4=O)cc3)n2)cc1. The summed E-state index contributed by atoms with van der Waals surface area (Å²) in [4.78, 5) is 41.8. The quantitative estimate of drug-likeness (QED) is 0.605. The lowest BCUT2D eigenvalue weighted by molar-refractivity contribution is -0.121. The third-order valence-corrected chi connectivity index (χ3v) is 5.38. The molecule has 0 atom stereocenters. The summed E-state index contributed by atoms with van der Waals surface area (Å²) in [6.07, 6.45) is 0.448. The number of hydrogen-bond acceptors (Lipinski definition) is 6. The Morgan fingerprint density at radius 3 is 2.37 bits per heavy atom. The molecule has 1 saturated heterocycles. The van der Waals surface area contributed by atoms with E-state index in [0.717, 1.165) is 21.9 Å². The highest BCUT2D eigenvalue weighted by Gasteiger charge is 2.30. The summed E-state index contributed by atoms with van der Waals surface area (Å²) in [6.45, 7) is 2.54. The Hall–Kier alpha value is -3.52. The molecule has 152 valence electrons. The number of anilines is 2. The summed E-state index contributed by atoms with van der Waals surface area (Å²) in [7, 11) is 0. The van der Waals surface area contributed by atoms with Crippen LogP contribution in [0.25, 0.3) is 11.3 Å². The minimum Gasteiger partial charge on any atom is -0.494 e. The van der Waals surface area contributed by atoms with Crippen molar-refractivity contribution in [2.75, 3.05) is 16.8 Å². The van der Waals surface area contributed by atoms with Gasteiger partial charge in [-0.1, -0.05) is 0 Å². The van der Waals surface area contributed by atoms with Crippen molar-refractivity contribution in [2.24, 2.45) is 0 Å². The summed E-state index contributed by atoms with van der Waals surface area (Å²) in [5.41, 5.74) is 2.58. The molecule has 1 fully saturated rings. The van der Waals surface area contributed by atoms with Gasteiger partial charge in [-0.3, -0.25) is 24.6 Å². The molecule has 1 aromatic heterocycles. The van der Waals surface area contributed by atoms with Crippen molar-refractivity contribution in [3.8, 4) is 17.0 Å². The molecule has 0 saturated carbocycles. The van der Waals surface area contributed by atoms with E-state index in [0.29, 0.717) is 23.0 Å². The third-order valence-electron chi connectivity index (χ3n) is 4.62. The molecule has 8 heteroatoms. The van der Waals surface area contributed by atoms with Crippen LogP contribution in [0.2, 0.25) is 0 Å². The van der Waals surface area contributed by atoms with E-state index in [9.17, 15) is 14.4 Å². The lowest BCUT2D eigenvalue weighted by atomic mass is 10.2. The van der Waals surface area contributed by atoms with Crippen LogP contribution in [0.4, 0.5) is 10.8 Å². The summed E-state index contributed by atoms with van der Waals surface area (Å²) in [5.74, 6) is 0.0441. The van der Waals surface area contributed by atoms with Gasteiger partial charge < -0.3 is 4.74 Å². The Morgan fingerprint density at radius 2 is 1.73 bits per heavy atom. The lowest BCUT2D eigenvalue weighted by Crippen LogP contribution is -2.28. The number of thiazole rings is 1. The second kappa shape index (κ2) is 8.46. The topological polar surface area (TPSA) is 88.6 Å². The summed E-state index contributed by atoms with van der Waals surface area (Å²) in [6, 6.07) is 14.0. The number of benzene rings is 2. The fraction of sp³-hybridized carbons (Fsp3) is 0.182. The molecular formula is C22H19N3O4S. The fourth-order valence-corrected chi connectivity index (χ4v) is 3.86. The van der Waals surface area contributed by atoms with Crippen LogP contribution >= 0.6 is 11.3 Å². The summed E-state index contributed by atoms with van der Waals surface area (Å²) in [5, 5.41) is 5.14. The molecule has 7 nitrogen and oxygen atoms in total. The van der Waals surface area contributed by atoms with E-state index in [1.54, 1.807) is 24.3 Å². The number of rotatable bonds is 6. The highest BCUT2D eigenvalue weighted by atomic mass is 32.1. The maximum Gasteiger partial charge on any atom is 0.257 e. The molecule has 2 aromatic carbocycles. The normalized spacial score (nSPS) is 13.6. The smallest absolute Gasteiger partial charge is 0.257 e. The standard InChI is InChI=1S/C22H19N3O4S/c1-2-29-17-9-5-14(6-10-17)18-13-30-22(23-18)24-21(28)15-3-7-16(8-4-15)25-19(26)11-12-20(25)27/h3-10,13H,2,11-12H2,1H3,(H,23,24,28). The Morgan fingerprint density at radius 1 is 1.07 bits per heavy atom. The second-order valence-electron chi connectivity index (χ2n) is 6.62. The van der Waals surface area contributed by atoms with Crippen LogP contribution in [0, 0.1) is 0 Å². The number of nitrogens with zero attached hydrogens (tertiary/aromatic N) is 2. The zero-order valence-electron chi connectivity index (χ0n) is 16.3.